The lowest BCUT2D eigenvalue weighted by Gasteiger charge is -2.32. The topological polar surface area (TPSA) is 97.0 Å². The van der Waals surface area contributed by atoms with E-state index in [1.165, 1.54) is 0 Å². The molecule has 1 aliphatic carbocycles. The summed E-state index contributed by atoms with van der Waals surface area (Å²) < 4.78 is 10.7. The van der Waals surface area contributed by atoms with E-state index in [0.717, 1.165) is 25.7 Å². The largest absolute Gasteiger partial charge is 0.378 e. The van der Waals surface area contributed by atoms with E-state index in [2.05, 4.69) is 10.6 Å². The number of urea groups is 1. The fraction of sp³-hybridized carbons (Fsp3) is 0.842. The smallest absolute Gasteiger partial charge is 0.318 e. The van der Waals surface area contributed by atoms with Gasteiger partial charge in [-0.1, -0.05) is 25.7 Å². The molecule has 3 fully saturated rings. The van der Waals surface area contributed by atoms with E-state index in [4.69, 9.17) is 9.47 Å². The lowest BCUT2D eigenvalue weighted by molar-refractivity contribution is -0.131. The van der Waals surface area contributed by atoms with Gasteiger partial charge in [-0.25, -0.2) is 4.79 Å². The number of ether oxygens (including phenoxy) is 2. The number of carbonyl (C=O) groups excluding carboxylic acids is 3. The molecule has 3 atom stereocenters. The van der Waals surface area contributed by atoms with Crippen LogP contribution in [0, 0.1) is 5.92 Å². The fourth-order valence-corrected chi connectivity index (χ4v) is 4.08. The third-order valence-electron chi connectivity index (χ3n) is 6.20. The van der Waals surface area contributed by atoms with Gasteiger partial charge in [-0.3, -0.25) is 9.59 Å². The molecule has 0 aromatic carbocycles. The second-order valence-corrected chi connectivity index (χ2v) is 8.06. The van der Waals surface area contributed by atoms with Crippen molar-refractivity contribution in [1.29, 1.82) is 0 Å². The molecule has 0 radical (unpaired) electrons. The van der Waals surface area contributed by atoms with Crippen LogP contribution in [0.25, 0.3) is 0 Å². The van der Waals surface area contributed by atoms with Crippen molar-refractivity contribution in [2.45, 2.75) is 63.6 Å². The number of morpholine rings is 1. The van der Waals surface area contributed by atoms with Crippen LogP contribution in [0.1, 0.15) is 46.0 Å². The third-order valence-corrected chi connectivity index (χ3v) is 6.20. The summed E-state index contributed by atoms with van der Waals surface area (Å²) in [6.45, 7) is 5.54. The maximum absolute atomic E-state index is 13.0. The van der Waals surface area contributed by atoms with Crippen molar-refractivity contribution in [3.05, 3.63) is 0 Å². The molecule has 0 bridgehead atoms. The Morgan fingerprint density at radius 1 is 1.26 bits per heavy atom. The van der Waals surface area contributed by atoms with Crippen molar-refractivity contribution in [2.75, 3.05) is 32.9 Å². The average molecular weight is 381 g/mol. The van der Waals surface area contributed by atoms with Gasteiger partial charge in [0.25, 0.3) is 0 Å². The van der Waals surface area contributed by atoms with E-state index in [1.807, 2.05) is 0 Å². The molecular formula is C19H31N3O5. The van der Waals surface area contributed by atoms with Crippen LogP contribution < -0.4 is 10.6 Å². The summed E-state index contributed by atoms with van der Waals surface area (Å²) in [6, 6.07) is -0.899. The minimum absolute atomic E-state index is 0.00533. The number of hydrogen-bond donors (Lipinski definition) is 2. The highest BCUT2D eigenvalue weighted by Crippen LogP contribution is 2.29. The molecule has 0 aromatic rings. The normalized spacial score (nSPS) is 30.4. The highest BCUT2D eigenvalue weighted by Gasteiger charge is 2.47. The van der Waals surface area contributed by atoms with Crippen LogP contribution in [0.15, 0.2) is 0 Å². The molecule has 2 saturated heterocycles. The molecule has 8 nitrogen and oxygen atoms in total. The third kappa shape index (κ3) is 4.60. The molecule has 0 aromatic heterocycles. The summed E-state index contributed by atoms with van der Waals surface area (Å²) in [4.78, 5) is 39.5. The summed E-state index contributed by atoms with van der Waals surface area (Å²) in [5.41, 5.74) is -1.05. The second-order valence-electron chi connectivity index (χ2n) is 8.06. The number of nitrogens with zero attached hydrogens (tertiary/aromatic N) is 1. The summed E-state index contributed by atoms with van der Waals surface area (Å²) in [5.74, 6) is -0.0225. The Hall–Kier alpha value is -1.67. The van der Waals surface area contributed by atoms with E-state index in [0.29, 0.717) is 38.6 Å². The van der Waals surface area contributed by atoms with Gasteiger partial charge in [0.1, 0.15) is 18.2 Å². The zero-order valence-electron chi connectivity index (χ0n) is 16.3. The summed E-state index contributed by atoms with van der Waals surface area (Å²) in [7, 11) is 0. The lowest BCUT2D eigenvalue weighted by Crippen LogP contribution is -2.61. The Morgan fingerprint density at radius 2 is 1.93 bits per heavy atom. The fourth-order valence-electron chi connectivity index (χ4n) is 4.08. The number of rotatable bonds is 5. The number of carbonyl (C=O) groups is 3. The molecule has 8 heteroatoms. The van der Waals surface area contributed by atoms with Gasteiger partial charge >= 0.3 is 6.03 Å². The number of hydrogen-bond acceptors (Lipinski definition) is 5. The van der Waals surface area contributed by atoms with Crippen LogP contribution >= 0.6 is 0 Å². The lowest BCUT2D eigenvalue weighted by atomic mass is 9.91. The molecule has 3 aliphatic rings. The van der Waals surface area contributed by atoms with E-state index in [-0.39, 0.29) is 24.3 Å². The van der Waals surface area contributed by atoms with Crippen LogP contribution in [0.2, 0.25) is 0 Å². The first kappa shape index (κ1) is 20.1. The zero-order valence-corrected chi connectivity index (χ0v) is 16.3. The second kappa shape index (κ2) is 8.56. The van der Waals surface area contributed by atoms with Crippen LogP contribution in [-0.4, -0.2) is 73.2 Å². The summed E-state index contributed by atoms with van der Waals surface area (Å²) in [5, 5.41) is 5.77. The number of nitrogens with one attached hydrogen (secondary N) is 2. The SMILES string of the molecule is CC1OCC(=O)C1(C)NC(=O)C(CC1CCCC1)NC(=O)N1CCOCC1. The first-order valence-corrected chi connectivity index (χ1v) is 10.0. The van der Waals surface area contributed by atoms with Gasteiger partial charge in [0.15, 0.2) is 5.78 Å². The number of amides is 3. The Labute approximate surface area is 160 Å². The standard InChI is InChI=1S/C19H31N3O5/c1-13-19(2,16(23)12-27-13)21-17(24)15(11-14-5-3-4-6-14)20-18(25)22-7-9-26-10-8-22/h13-15H,3-12H2,1-2H3,(H,20,25)(H,21,24). The van der Waals surface area contributed by atoms with Crippen LogP contribution in [0.3, 0.4) is 0 Å². The molecule has 2 N–H and O–H groups in total. The van der Waals surface area contributed by atoms with E-state index in [9.17, 15) is 14.4 Å². The minimum Gasteiger partial charge on any atom is -0.378 e. The number of Topliss-reactive ketones (excluding diaryl/α,β-unsaturated/α-hetero) is 1. The summed E-state index contributed by atoms with van der Waals surface area (Å²) >= 11 is 0. The van der Waals surface area contributed by atoms with Gasteiger partial charge in [-0.15, -0.1) is 0 Å². The maximum Gasteiger partial charge on any atom is 0.318 e. The van der Waals surface area contributed by atoms with Gasteiger partial charge in [-0.05, 0) is 26.2 Å². The van der Waals surface area contributed by atoms with Crippen LogP contribution in [0.5, 0.6) is 0 Å². The maximum atomic E-state index is 13.0. The van der Waals surface area contributed by atoms with Crippen molar-refractivity contribution in [3.8, 4) is 0 Å². The van der Waals surface area contributed by atoms with Gasteiger partial charge in [-0.2, -0.15) is 0 Å². The quantitative estimate of drug-likeness (QED) is 0.736. The Bertz CT molecular complexity index is 572. The predicted molar refractivity (Wildman–Crippen MR) is 98.3 cm³/mol. The van der Waals surface area contributed by atoms with E-state index >= 15 is 0 Å². The molecule has 27 heavy (non-hydrogen) atoms. The average Bonchev–Trinajstić information content (AvgIpc) is 3.26. The molecule has 2 heterocycles. The van der Waals surface area contributed by atoms with Gasteiger partial charge < -0.3 is 25.0 Å². The molecule has 3 unspecified atom stereocenters. The summed E-state index contributed by atoms with van der Waals surface area (Å²) in [6.07, 6.45) is 4.69. The predicted octanol–water partition coefficient (Wildman–Crippen LogP) is 0.840. The van der Waals surface area contributed by atoms with Crippen LogP contribution in [-0.2, 0) is 19.1 Å². The molecule has 3 rings (SSSR count). The first-order chi connectivity index (χ1) is 12.9. The minimum atomic E-state index is -1.05. The Balaban J connectivity index is 1.67. The molecule has 152 valence electrons. The molecule has 0 spiro atoms. The van der Waals surface area contributed by atoms with Crippen molar-refractivity contribution in [3.63, 3.8) is 0 Å². The van der Waals surface area contributed by atoms with Crippen molar-refractivity contribution < 1.29 is 23.9 Å². The van der Waals surface area contributed by atoms with Gasteiger partial charge in [0.2, 0.25) is 5.91 Å². The highest BCUT2D eigenvalue weighted by molar-refractivity contribution is 5.97. The number of ketones is 1. The molecular weight excluding hydrogens is 350 g/mol. The van der Waals surface area contributed by atoms with Crippen molar-refractivity contribution in [1.82, 2.24) is 15.5 Å². The first-order valence-electron chi connectivity index (χ1n) is 10.0. The Morgan fingerprint density at radius 3 is 2.52 bits per heavy atom. The molecule has 2 aliphatic heterocycles. The zero-order chi connectivity index (χ0) is 19.4. The van der Waals surface area contributed by atoms with Crippen molar-refractivity contribution in [2.24, 2.45) is 5.92 Å². The molecule has 3 amide bonds. The Kier molecular flexibility index (Phi) is 6.37. The van der Waals surface area contributed by atoms with E-state index in [1.54, 1.807) is 18.7 Å². The van der Waals surface area contributed by atoms with Crippen LogP contribution in [0.4, 0.5) is 4.79 Å². The van der Waals surface area contributed by atoms with E-state index < -0.39 is 17.7 Å². The highest BCUT2D eigenvalue weighted by atomic mass is 16.5. The molecule has 1 saturated carbocycles. The van der Waals surface area contributed by atoms with Gasteiger partial charge in [0, 0.05) is 13.1 Å². The monoisotopic (exact) mass is 381 g/mol. The van der Waals surface area contributed by atoms with Crippen molar-refractivity contribution >= 4 is 17.7 Å². The van der Waals surface area contributed by atoms with Gasteiger partial charge in [0.05, 0.1) is 19.3 Å².